The molecule has 3 atom stereocenters. The Bertz CT molecular complexity index is 1500. The maximum Gasteiger partial charge on any atom is 0.271 e. The predicted octanol–water partition coefficient (Wildman–Crippen LogP) is 5.47. The van der Waals surface area contributed by atoms with Gasteiger partial charge in [0.2, 0.25) is 0 Å². The Hall–Kier alpha value is -3.52. The Morgan fingerprint density at radius 1 is 1.10 bits per heavy atom. The lowest BCUT2D eigenvalue weighted by atomic mass is 9.96. The van der Waals surface area contributed by atoms with Crippen molar-refractivity contribution in [3.63, 3.8) is 0 Å². The number of ether oxygens (including phenoxy) is 1. The number of amides is 1. The molecule has 7 heteroatoms. The van der Waals surface area contributed by atoms with Crippen molar-refractivity contribution in [3.8, 4) is 11.1 Å². The number of hydrogen-bond acceptors (Lipinski definition) is 4. The SMILES string of the molecule is C[C@H](CO)N1C[C@H](C)[C@H](CN(C)Cc2cccc(F)c2)OCc2ccccc2-c2c(n(C)c3ccccc23)C1=O. The summed E-state index contributed by atoms with van der Waals surface area (Å²) in [7, 11) is 3.94. The fourth-order valence-corrected chi connectivity index (χ4v) is 5.84. The Kier molecular flexibility index (Phi) is 8.35. The number of aliphatic hydroxyl groups excluding tert-OH is 1. The number of hydrogen-bond donors (Lipinski definition) is 1. The average molecular weight is 544 g/mol. The fourth-order valence-electron chi connectivity index (χ4n) is 5.84. The zero-order valence-corrected chi connectivity index (χ0v) is 23.7. The van der Waals surface area contributed by atoms with Crippen LogP contribution in [0.25, 0.3) is 22.0 Å². The van der Waals surface area contributed by atoms with Crippen molar-refractivity contribution in [2.75, 3.05) is 26.7 Å². The van der Waals surface area contributed by atoms with Crippen molar-refractivity contribution in [1.82, 2.24) is 14.4 Å². The number of aromatic nitrogens is 1. The summed E-state index contributed by atoms with van der Waals surface area (Å²) in [5, 5.41) is 11.2. The van der Waals surface area contributed by atoms with E-state index in [1.165, 1.54) is 6.07 Å². The Labute approximate surface area is 235 Å². The number of nitrogens with zero attached hydrogens (tertiary/aromatic N) is 3. The van der Waals surface area contributed by atoms with E-state index >= 15 is 0 Å². The number of halogens is 1. The zero-order valence-electron chi connectivity index (χ0n) is 23.7. The molecule has 40 heavy (non-hydrogen) atoms. The molecule has 2 heterocycles. The number of rotatable bonds is 6. The lowest BCUT2D eigenvalue weighted by Gasteiger charge is -2.35. The van der Waals surface area contributed by atoms with Crippen LogP contribution in [-0.4, -0.2) is 64.3 Å². The first-order valence-corrected chi connectivity index (χ1v) is 13.9. The number of aliphatic hydroxyl groups is 1. The molecule has 1 amide bonds. The van der Waals surface area contributed by atoms with Gasteiger partial charge in [0.05, 0.1) is 25.4 Å². The molecule has 0 unspecified atom stereocenters. The lowest BCUT2D eigenvalue weighted by molar-refractivity contribution is -0.0242. The standard InChI is InChI=1S/C33H38FN3O3/c1-22-17-37(23(2)20-38)33(39)32-31(28-14-7-8-15-29(28)36(32)4)27-13-6-5-11-25(27)21-40-30(22)19-35(3)18-24-10-9-12-26(34)16-24/h5-16,22-23,30,38H,17-21H2,1-4H3/t22-,23+,30-/m0/s1. The van der Waals surface area contributed by atoms with Crippen molar-refractivity contribution in [2.45, 2.75) is 39.1 Å². The lowest BCUT2D eigenvalue weighted by Crippen LogP contribution is -2.47. The van der Waals surface area contributed by atoms with Crippen LogP contribution in [0.1, 0.15) is 35.5 Å². The van der Waals surface area contributed by atoms with Crippen molar-refractivity contribution in [2.24, 2.45) is 13.0 Å². The highest BCUT2D eigenvalue weighted by atomic mass is 19.1. The van der Waals surface area contributed by atoms with Crippen molar-refractivity contribution in [1.29, 1.82) is 0 Å². The van der Waals surface area contributed by atoms with Crippen LogP contribution in [0.5, 0.6) is 0 Å². The normalized spacial score (nSPS) is 18.9. The molecular weight excluding hydrogens is 505 g/mol. The van der Waals surface area contributed by atoms with Gasteiger partial charge in [-0.2, -0.15) is 0 Å². The number of para-hydroxylation sites is 1. The topological polar surface area (TPSA) is 57.9 Å². The van der Waals surface area contributed by atoms with Gasteiger partial charge in [0.25, 0.3) is 5.91 Å². The molecule has 0 spiro atoms. The third-order valence-electron chi connectivity index (χ3n) is 8.06. The van der Waals surface area contributed by atoms with Gasteiger partial charge in [-0.05, 0) is 48.9 Å². The molecule has 210 valence electrons. The number of benzene rings is 3. The molecule has 1 aliphatic rings. The third kappa shape index (κ3) is 5.55. The number of aryl methyl sites for hydroxylation is 1. The minimum Gasteiger partial charge on any atom is -0.394 e. The van der Waals surface area contributed by atoms with Crippen LogP contribution in [-0.2, 0) is 24.9 Å². The third-order valence-corrected chi connectivity index (χ3v) is 8.06. The number of fused-ring (bicyclic) bond motifs is 5. The average Bonchev–Trinajstić information content (AvgIpc) is 3.24. The molecule has 5 rings (SSSR count). The van der Waals surface area contributed by atoms with E-state index < -0.39 is 0 Å². The molecule has 0 saturated heterocycles. The molecule has 6 nitrogen and oxygen atoms in total. The van der Waals surface area contributed by atoms with Crippen molar-refractivity contribution < 1.29 is 19.0 Å². The van der Waals surface area contributed by atoms with Crippen LogP contribution >= 0.6 is 0 Å². The van der Waals surface area contributed by atoms with E-state index in [-0.39, 0.29) is 36.4 Å². The van der Waals surface area contributed by atoms with Gasteiger partial charge in [-0.25, -0.2) is 4.39 Å². The highest BCUT2D eigenvalue weighted by Crippen LogP contribution is 2.38. The Morgan fingerprint density at radius 2 is 1.85 bits per heavy atom. The van der Waals surface area contributed by atoms with Crippen LogP contribution in [0, 0.1) is 11.7 Å². The van der Waals surface area contributed by atoms with Gasteiger partial charge in [-0.15, -0.1) is 0 Å². The van der Waals surface area contributed by atoms with E-state index in [1.807, 2.05) is 62.0 Å². The van der Waals surface area contributed by atoms with Gasteiger partial charge < -0.3 is 19.3 Å². The summed E-state index contributed by atoms with van der Waals surface area (Å²) < 4.78 is 22.4. The molecule has 0 aliphatic carbocycles. The molecule has 0 radical (unpaired) electrons. The maximum atomic E-state index is 14.4. The summed E-state index contributed by atoms with van der Waals surface area (Å²) >= 11 is 0. The second kappa shape index (κ2) is 11.9. The largest absolute Gasteiger partial charge is 0.394 e. The summed E-state index contributed by atoms with van der Waals surface area (Å²) in [5.41, 5.74) is 5.37. The van der Waals surface area contributed by atoms with Crippen LogP contribution in [0.4, 0.5) is 4.39 Å². The summed E-state index contributed by atoms with van der Waals surface area (Å²) in [6.45, 7) is 5.84. The minimum atomic E-state index is -0.373. The van der Waals surface area contributed by atoms with Crippen LogP contribution in [0.3, 0.4) is 0 Å². The Balaban J connectivity index is 1.57. The molecule has 0 bridgehead atoms. The number of likely N-dealkylation sites (N-methyl/N-ethyl adjacent to an activating group) is 1. The van der Waals surface area contributed by atoms with Crippen LogP contribution < -0.4 is 0 Å². The van der Waals surface area contributed by atoms with Gasteiger partial charge in [-0.1, -0.05) is 61.5 Å². The monoisotopic (exact) mass is 543 g/mol. The fraction of sp³-hybridized carbons (Fsp3) is 0.364. The summed E-state index contributed by atoms with van der Waals surface area (Å²) in [5.74, 6) is -0.386. The van der Waals surface area contributed by atoms with E-state index in [1.54, 1.807) is 17.0 Å². The number of carbonyl (C=O) groups excluding carboxylic acids is 1. The van der Waals surface area contributed by atoms with Gasteiger partial charge >= 0.3 is 0 Å². The molecule has 1 N–H and O–H groups in total. The van der Waals surface area contributed by atoms with Gasteiger partial charge in [0.1, 0.15) is 11.5 Å². The van der Waals surface area contributed by atoms with Crippen molar-refractivity contribution >= 4 is 16.8 Å². The summed E-state index contributed by atoms with van der Waals surface area (Å²) in [6.07, 6.45) is -0.203. The minimum absolute atomic E-state index is 0.0312. The molecule has 3 aromatic carbocycles. The highest BCUT2D eigenvalue weighted by Gasteiger charge is 2.33. The molecule has 0 saturated carbocycles. The quantitative estimate of drug-likeness (QED) is 0.350. The van der Waals surface area contributed by atoms with Crippen LogP contribution in [0.15, 0.2) is 72.8 Å². The first-order valence-electron chi connectivity index (χ1n) is 13.9. The number of carbonyl (C=O) groups is 1. The smallest absolute Gasteiger partial charge is 0.271 e. The summed E-state index contributed by atoms with van der Waals surface area (Å²) in [4.78, 5) is 18.3. The maximum absolute atomic E-state index is 14.4. The predicted molar refractivity (Wildman–Crippen MR) is 156 cm³/mol. The second-order valence-electron chi connectivity index (χ2n) is 11.1. The van der Waals surface area contributed by atoms with Crippen LogP contribution in [0.2, 0.25) is 0 Å². The van der Waals surface area contributed by atoms with Gasteiger partial charge in [0.15, 0.2) is 0 Å². The molecule has 1 aromatic heterocycles. The van der Waals surface area contributed by atoms with E-state index in [9.17, 15) is 14.3 Å². The van der Waals surface area contributed by atoms with Crippen molar-refractivity contribution in [3.05, 3.63) is 95.4 Å². The first-order chi connectivity index (χ1) is 19.3. The second-order valence-corrected chi connectivity index (χ2v) is 11.1. The van der Waals surface area contributed by atoms with Gasteiger partial charge in [-0.3, -0.25) is 9.69 Å². The van der Waals surface area contributed by atoms with Gasteiger partial charge in [0, 0.05) is 49.1 Å². The van der Waals surface area contributed by atoms with E-state index in [4.69, 9.17) is 4.74 Å². The van der Waals surface area contributed by atoms with E-state index in [0.29, 0.717) is 31.9 Å². The van der Waals surface area contributed by atoms with E-state index in [2.05, 4.69) is 30.0 Å². The molecule has 0 fully saturated rings. The Morgan fingerprint density at radius 3 is 2.62 bits per heavy atom. The molecule has 1 aliphatic heterocycles. The zero-order chi connectivity index (χ0) is 28.4. The molecule has 4 aromatic rings. The molecular formula is C33H38FN3O3. The van der Waals surface area contributed by atoms with E-state index in [0.717, 1.165) is 33.2 Å². The first kappa shape index (κ1) is 28.0. The summed E-state index contributed by atoms with van der Waals surface area (Å²) in [6, 6.07) is 22.5. The highest BCUT2D eigenvalue weighted by molar-refractivity contribution is 6.10.